The van der Waals surface area contributed by atoms with Gasteiger partial charge in [0.15, 0.2) is 0 Å². The SMILES string of the molecule is CC(C)(C)OC(=O)N1C2CCCC(C(=O)O)C1CC2. The molecule has 0 aromatic carbocycles. The number of carboxylic acids is 1. The Bertz CT molecular complexity index is 374. The molecule has 3 atom stereocenters. The third-order valence-electron chi connectivity index (χ3n) is 3.98. The lowest BCUT2D eigenvalue weighted by atomic mass is 9.91. The molecule has 5 nitrogen and oxygen atoms in total. The molecule has 2 aliphatic heterocycles. The number of fused-ring (bicyclic) bond motifs is 2. The molecule has 0 aromatic heterocycles. The van der Waals surface area contributed by atoms with Gasteiger partial charge in [-0.25, -0.2) is 4.79 Å². The second kappa shape index (κ2) is 5.02. The monoisotopic (exact) mass is 269 g/mol. The standard InChI is InChI=1S/C14H23NO4/c1-14(2,3)19-13(18)15-9-5-4-6-10(12(16)17)11(15)8-7-9/h9-11H,4-8H2,1-3H3,(H,16,17). The van der Waals surface area contributed by atoms with Crippen LogP contribution in [0.4, 0.5) is 4.79 Å². The molecule has 0 aliphatic carbocycles. The minimum absolute atomic E-state index is 0.157. The summed E-state index contributed by atoms with van der Waals surface area (Å²) < 4.78 is 5.44. The summed E-state index contributed by atoms with van der Waals surface area (Å²) >= 11 is 0. The molecule has 2 heterocycles. The Hall–Kier alpha value is -1.26. The lowest BCUT2D eigenvalue weighted by molar-refractivity contribution is -0.143. The summed E-state index contributed by atoms with van der Waals surface area (Å²) in [5.41, 5.74) is -0.540. The summed E-state index contributed by atoms with van der Waals surface area (Å²) in [6.07, 6.45) is 3.74. The fraction of sp³-hybridized carbons (Fsp3) is 0.857. The maximum atomic E-state index is 12.3. The lowest BCUT2D eigenvalue weighted by Gasteiger charge is -2.32. The highest BCUT2D eigenvalue weighted by molar-refractivity contribution is 5.74. The van der Waals surface area contributed by atoms with E-state index in [0.717, 1.165) is 25.7 Å². The van der Waals surface area contributed by atoms with Crippen molar-refractivity contribution in [3.05, 3.63) is 0 Å². The van der Waals surface area contributed by atoms with Gasteiger partial charge in [-0.2, -0.15) is 0 Å². The zero-order valence-electron chi connectivity index (χ0n) is 11.9. The number of hydrogen-bond acceptors (Lipinski definition) is 3. The minimum atomic E-state index is -0.791. The number of amides is 1. The summed E-state index contributed by atoms with van der Waals surface area (Å²) in [5, 5.41) is 9.34. The third-order valence-corrected chi connectivity index (χ3v) is 3.98. The van der Waals surface area contributed by atoms with E-state index in [1.165, 1.54) is 0 Å². The van der Waals surface area contributed by atoms with E-state index in [1.54, 1.807) is 4.90 Å². The van der Waals surface area contributed by atoms with Gasteiger partial charge in [0, 0.05) is 12.1 Å². The second-order valence-corrected chi connectivity index (χ2v) is 6.56. The molecule has 19 heavy (non-hydrogen) atoms. The minimum Gasteiger partial charge on any atom is -0.481 e. The quantitative estimate of drug-likeness (QED) is 0.794. The van der Waals surface area contributed by atoms with E-state index in [9.17, 15) is 14.7 Å². The normalized spacial score (nSPS) is 30.9. The van der Waals surface area contributed by atoms with Crippen molar-refractivity contribution >= 4 is 12.1 Å². The van der Waals surface area contributed by atoms with Crippen molar-refractivity contribution in [1.82, 2.24) is 4.90 Å². The van der Waals surface area contributed by atoms with Crippen LogP contribution < -0.4 is 0 Å². The molecule has 1 amide bonds. The Kier molecular flexibility index (Phi) is 3.74. The first-order valence-corrected chi connectivity index (χ1v) is 7.04. The number of carbonyl (C=O) groups excluding carboxylic acids is 1. The van der Waals surface area contributed by atoms with Crippen LogP contribution in [-0.2, 0) is 9.53 Å². The van der Waals surface area contributed by atoms with Crippen molar-refractivity contribution < 1.29 is 19.4 Å². The molecule has 2 aliphatic rings. The maximum absolute atomic E-state index is 12.3. The Morgan fingerprint density at radius 1 is 1.16 bits per heavy atom. The van der Waals surface area contributed by atoms with Gasteiger partial charge in [-0.3, -0.25) is 4.79 Å². The fourth-order valence-corrected chi connectivity index (χ4v) is 3.24. The Morgan fingerprint density at radius 2 is 1.84 bits per heavy atom. The van der Waals surface area contributed by atoms with Gasteiger partial charge >= 0.3 is 12.1 Å². The number of carboxylic acid groups (broad SMARTS) is 1. The van der Waals surface area contributed by atoms with Crippen molar-refractivity contribution in [3.63, 3.8) is 0 Å². The summed E-state index contributed by atoms with van der Waals surface area (Å²) in [7, 11) is 0. The number of nitrogens with zero attached hydrogens (tertiary/aromatic N) is 1. The van der Waals surface area contributed by atoms with E-state index < -0.39 is 17.5 Å². The van der Waals surface area contributed by atoms with Gasteiger partial charge < -0.3 is 14.7 Å². The van der Waals surface area contributed by atoms with E-state index in [4.69, 9.17) is 4.74 Å². The molecule has 0 saturated carbocycles. The molecule has 2 saturated heterocycles. The van der Waals surface area contributed by atoms with Crippen molar-refractivity contribution in [2.75, 3.05) is 0 Å². The first-order valence-electron chi connectivity index (χ1n) is 7.04. The molecular formula is C14H23NO4. The number of hydrogen-bond donors (Lipinski definition) is 1. The molecule has 2 bridgehead atoms. The number of aliphatic carboxylic acids is 1. The average molecular weight is 269 g/mol. The zero-order chi connectivity index (χ0) is 14.2. The smallest absolute Gasteiger partial charge is 0.410 e. The average Bonchev–Trinajstić information content (AvgIpc) is 2.51. The highest BCUT2D eigenvalue weighted by Gasteiger charge is 2.46. The van der Waals surface area contributed by atoms with Crippen molar-refractivity contribution in [1.29, 1.82) is 0 Å². The molecule has 0 radical (unpaired) electrons. The largest absolute Gasteiger partial charge is 0.481 e. The van der Waals surface area contributed by atoms with Crippen LogP contribution in [0, 0.1) is 5.92 Å². The number of ether oxygens (including phenoxy) is 1. The Labute approximate surface area is 113 Å². The van der Waals surface area contributed by atoms with Crippen LogP contribution in [-0.4, -0.2) is 39.8 Å². The topological polar surface area (TPSA) is 66.8 Å². The molecule has 5 heteroatoms. The van der Waals surface area contributed by atoms with Crippen LogP contribution in [0.15, 0.2) is 0 Å². The second-order valence-electron chi connectivity index (χ2n) is 6.56. The Balaban J connectivity index is 2.18. The summed E-state index contributed by atoms with van der Waals surface area (Å²) in [6.45, 7) is 5.50. The van der Waals surface area contributed by atoms with Crippen LogP contribution in [0.3, 0.4) is 0 Å². The van der Waals surface area contributed by atoms with Crippen molar-refractivity contribution in [3.8, 4) is 0 Å². The van der Waals surface area contributed by atoms with E-state index >= 15 is 0 Å². The van der Waals surface area contributed by atoms with Crippen LogP contribution >= 0.6 is 0 Å². The summed E-state index contributed by atoms with van der Waals surface area (Å²) in [6, 6.07) is -0.0379. The molecule has 3 unspecified atom stereocenters. The van der Waals surface area contributed by atoms with Gasteiger partial charge in [0.1, 0.15) is 5.60 Å². The molecule has 0 spiro atoms. The molecule has 2 rings (SSSR count). The highest BCUT2D eigenvalue weighted by atomic mass is 16.6. The van der Waals surface area contributed by atoms with E-state index in [0.29, 0.717) is 6.42 Å². The molecular weight excluding hydrogens is 246 g/mol. The third kappa shape index (κ3) is 3.01. The van der Waals surface area contributed by atoms with Gasteiger partial charge in [-0.15, -0.1) is 0 Å². The van der Waals surface area contributed by atoms with Crippen LogP contribution in [0.5, 0.6) is 0 Å². The number of rotatable bonds is 1. The first kappa shape index (κ1) is 14.2. The first-order chi connectivity index (χ1) is 8.79. The number of carbonyl (C=O) groups is 2. The van der Waals surface area contributed by atoms with Gasteiger partial charge in [-0.1, -0.05) is 6.42 Å². The van der Waals surface area contributed by atoms with Crippen LogP contribution in [0.2, 0.25) is 0 Å². The van der Waals surface area contributed by atoms with Gasteiger partial charge in [0.2, 0.25) is 0 Å². The van der Waals surface area contributed by atoms with E-state index in [1.807, 2.05) is 20.8 Å². The van der Waals surface area contributed by atoms with Crippen molar-refractivity contribution in [2.24, 2.45) is 5.92 Å². The molecule has 1 N–H and O–H groups in total. The van der Waals surface area contributed by atoms with Crippen LogP contribution in [0.25, 0.3) is 0 Å². The highest BCUT2D eigenvalue weighted by Crippen LogP contribution is 2.38. The van der Waals surface area contributed by atoms with Gasteiger partial charge in [0.05, 0.1) is 5.92 Å². The van der Waals surface area contributed by atoms with Gasteiger partial charge in [0.25, 0.3) is 0 Å². The molecule has 108 valence electrons. The van der Waals surface area contributed by atoms with Crippen molar-refractivity contribution in [2.45, 2.75) is 70.6 Å². The predicted octanol–water partition coefficient (Wildman–Crippen LogP) is 2.64. The Morgan fingerprint density at radius 3 is 2.42 bits per heavy atom. The maximum Gasteiger partial charge on any atom is 0.410 e. The molecule has 0 aromatic rings. The summed E-state index contributed by atoms with van der Waals surface area (Å²) in [4.78, 5) is 25.4. The zero-order valence-corrected chi connectivity index (χ0v) is 11.9. The van der Waals surface area contributed by atoms with Crippen LogP contribution in [0.1, 0.15) is 52.9 Å². The van der Waals surface area contributed by atoms with E-state index in [-0.39, 0.29) is 18.2 Å². The lowest BCUT2D eigenvalue weighted by Crippen LogP contribution is -2.47. The van der Waals surface area contributed by atoms with E-state index in [2.05, 4.69) is 0 Å². The predicted molar refractivity (Wildman–Crippen MR) is 69.9 cm³/mol. The molecule has 2 fully saturated rings. The summed E-state index contributed by atoms with van der Waals surface area (Å²) in [5.74, 6) is -1.24. The van der Waals surface area contributed by atoms with Gasteiger partial charge in [-0.05, 0) is 46.5 Å². The fourth-order valence-electron chi connectivity index (χ4n) is 3.24.